The zero-order valence-electron chi connectivity index (χ0n) is 11.2. The summed E-state index contributed by atoms with van der Waals surface area (Å²) in [6.07, 6.45) is 1.32. The average Bonchev–Trinajstić information content (AvgIpc) is 2.84. The molecule has 1 aromatic heterocycles. The number of ether oxygens (including phenoxy) is 1. The highest BCUT2D eigenvalue weighted by molar-refractivity contribution is 6.00. The van der Waals surface area contributed by atoms with Crippen molar-refractivity contribution in [3.05, 3.63) is 47.3 Å². The number of hydrogen-bond donors (Lipinski definition) is 1. The molecule has 0 saturated carbocycles. The van der Waals surface area contributed by atoms with Gasteiger partial charge in [0, 0.05) is 6.20 Å². The number of rotatable bonds is 4. The Morgan fingerprint density at radius 1 is 1.35 bits per heavy atom. The minimum atomic E-state index is -1.21. The molecule has 2 rings (SSSR count). The molecule has 0 saturated heterocycles. The second-order valence-corrected chi connectivity index (χ2v) is 4.15. The van der Waals surface area contributed by atoms with Gasteiger partial charge < -0.3 is 9.84 Å². The van der Waals surface area contributed by atoms with Gasteiger partial charge in [-0.1, -0.05) is 18.2 Å². The van der Waals surface area contributed by atoms with Gasteiger partial charge in [-0.15, -0.1) is 0 Å². The van der Waals surface area contributed by atoms with E-state index in [1.165, 1.54) is 10.9 Å². The summed E-state index contributed by atoms with van der Waals surface area (Å²) >= 11 is 0. The maximum atomic E-state index is 11.7. The summed E-state index contributed by atoms with van der Waals surface area (Å²) in [5, 5.41) is 13.2. The highest BCUT2D eigenvalue weighted by Crippen LogP contribution is 2.16. The first-order chi connectivity index (χ1) is 9.54. The van der Waals surface area contributed by atoms with E-state index < -0.39 is 11.9 Å². The molecule has 6 heteroatoms. The van der Waals surface area contributed by atoms with Crippen molar-refractivity contribution in [1.82, 2.24) is 9.78 Å². The molecule has 104 valence electrons. The summed E-state index contributed by atoms with van der Waals surface area (Å²) in [4.78, 5) is 22.9. The number of carbonyl (C=O) groups excluding carboxylic acids is 1. The fourth-order valence-electron chi connectivity index (χ4n) is 1.82. The lowest BCUT2D eigenvalue weighted by molar-refractivity contribution is 0.0507. The molecule has 0 aliphatic heterocycles. The van der Waals surface area contributed by atoms with Gasteiger partial charge >= 0.3 is 11.9 Å². The smallest absolute Gasteiger partial charge is 0.359 e. The normalized spacial score (nSPS) is 10.3. The molecule has 0 aliphatic rings. The Balaban J connectivity index is 2.53. The number of carbonyl (C=O) groups is 2. The van der Waals surface area contributed by atoms with Crippen molar-refractivity contribution in [3.63, 3.8) is 0 Å². The number of carboxylic acids is 1. The maximum Gasteiger partial charge on any atom is 0.359 e. The number of aryl methyl sites for hydroxylation is 1. The maximum absolute atomic E-state index is 11.7. The monoisotopic (exact) mass is 274 g/mol. The van der Waals surface area contributed by atoms with Crippen molar-refractivity contribution in [2.45, 2.75) is 13.8 Å². The number of aromatic carboxylic acids is 1. The largest absolute Gasteiger partial charge is 0.478 e. The summed E-state index contributed by atoms with van der Waals surface area (Å²) in [5.74, 6) is -1.95. The molecule has 0 spiro atoms. The van der Waals surface area contributed by atoms with Crippen molar-refractivity contribution >= 4 is 11.9 Å². The minimum absolute atomic E-state index is 0.162. The number of aromatic nitrogens is 2. The van der Waals surface area contributed by atoms with Gasteiger partial charge in [0.15, 0.2) is 5.69 Å². The first-order valence-electron chi connectivity index (χ1n) is 6.10. The number of esters is 1. The molecular formula is C14H14N2O4. The van der Waals surface area contributed by atoms with Gasteiger partial charge in [-0.2, -0.15) is 5.10 Å². The second-order valence-electron chi connectivity index (χ2n) is 4.15. The zero-order valence-corrected chi connectivity index (χ0v) is 11.2. The van der Waals surface area contributed by atoms with Crippen LogP contribution in [-0.2, 0) is 4.74 Å². The predicted molar refractivity (Wildman–Crippen MR) is 71.2 cm³/mol. The SMILES string of the molecule is CCOC(=O)c1nn(-c2ccccc2C)cc1C(=O)O. The van der Waals surface area contributed by atoms with Crippen LogP contribution in [-0.4, -0.2) is 33.4 Å². The summed E-state index contributed by atoms with van der Waals surface area (Å²) in [5.41, 5.74) is 1.27. The lowest BCUT2D eigenvalue weighted by Gasteiger charge is -2.04. The molecular weight excluding hydrogens is 260 g/mol. The van der Waals surface area contributed by atoms with E-state index in [0.29, 0.717) is 5.69 Å². The average molecular weight is 274 g/mol. The highest BCUT2D eigenvalue weighted by Gasteiger charge is 2.23. The summed E-state index contributed by atoms with van der Waals surface area (Å²) < 4.78 is 6.20. The van der Waals surface area contributed by atoms with Crippen LogP contribution in [0.4, 0.5) is 0 Å². The van der Waals surface area contributed by atoms with Crippen LogP contribution in [0.5, 0.6) is 0 Å². The Labute approximate surface area is 115 Å². The van der Waals surface area contributed by atoms with E-state index in [2.05, 4.69) is 5.10 Å². The molecule has 0 radical (unpaired) electrons. The van der Waals surface area contributed by atoms with E-state index in [9.17, 15) is 9.59 Å². The van der Waals surface area contributed by atoms with Gasteiger partial charge in [0.1, 0.15) is 5.56 Å². The third kappa shape index (κ3) is 2.54. The zero-order chi connectivity index (χ0) is 14.7. The molecule has 6 nitrogen and oxygen atoms in total. The molecule has 2 aromatic rings. The lowest BCUT2D eigenvalue weighted by Crippen LogP contribution is -2.11. The number of carboxylic acid groups (broad SMARTS) is 1. The number of benzene rings is 1. The molecule has 0 bridgehead atoms. The summed E-state index contributed by atoms with van der Waals surface area (Å²) in [6.45, 7) is 3.69. The van der Waals surface area contributed by atoms with E-state index in [1.54, 1.807) is 13.0 Å². The standard InChI is InChI=1S/C14H14N2O4/c1-3-20-14(19)12-10(13(17)18)8-16(15-12)11-7-5-4-6-9(11)2/h4-8H,3H2,1-2H3,(H,17,18). The molecule has 0 unspecified atom stereocenters. The van der Waals surface area contributed by atoms with Crippen LogP contribution in [0.3, 0.4) is 0 Å². The quantitative estimate of drug-likeness (QED) is 0.863. The highest BCUT2D eigenvalue weighted by atomic mass is 16.5. The van der Waals surface area contributed by atoms with Gasteiger partial charge in [-0.3, -0.25) is 0 Å². The molecule has 20 heavy (non-hydrogen) atoms. The van der Waals surface area contributed by atoms with Crippen LogP contribution in [0.25, 0.3) is 5.69 Å². The number of hydrogen-bond acceptors (Lipinski definition) is 4. The van der Waals surface area contributed by atoms with Gasteiger partial charge in [-0.05, 0) is 25.5 Å². The fraction of sp³-hybridized carbons (Fsp3) is 0.214. The van der Waals surface area contributed by atoms with E-state index in [1.807, 2.05) is 25.1 Å². The first kappa shape index (κ1) is 13.8. The third-order valence-corrected chi connectivity index (χ3v) is 2.78. The van der Waals surface area contributed by atoms with Crippen molar-refractivity contribution in [2.75, 3.05) is 6.61 Å². The van der Waals surface area contributed by atoms with Crippen LogP contribution in [0, 0.1) is 6.92 Å². The Kier molecular flexibility index (Phi) is 3.84. The van der Waals surface area contributed by atoms with Crippen LogP contribution in [0.1, 0.15) is 33.3 Å². The first-order valence-corrected chi connectivity index (χ1v) is 6.10. The molecule has 0 fully saturated rings. The van der Waals surface area contributed by atoms with E-state index in [0.717, 1.165) is 5.56 Å². The van der Waals surface area contributed by atoms with Gasteiger partial charge in [0.25, 0.3) is 0 Å². The molecule has 1 aromatic carbocycles. The van der Waals surface area contributed by atoms with Crippen molar-refractivity contribution < 1.29 is 19.4 Å². The Morgan fingerprint density at radius 2 is 2.05 bits per heavy atom. The van der Waals surface area contributed by atoms with Gasteiger partial charge in [0.05, 0.1) is 12.3 Å². The van der Waals surface area contributed by atoms with Crippen LogP contribution >= 0.6 is 0 Å². The fourth-order valence-corrected chi connectivity index (χ4v) is 1.82. The van der Waals surface area contributed by atoms with Crippen molar-refractivity contribution in [1.29, 1.82) is 0 Å². The second kappa shape index (κ2) is 5.56. The Hall–Kier alpha value is -2.63. The number of para-hydroxylation sites is 1. The molecule has 0 aliphatic carbocycles. The van der Waals surface area contributed by atoms with E-state index in [-0.39, 0.29) is 17.9 Å². The molecule has 0 amide bonds. The lowest BCUT2D eigenvalue weighted by atomic mass is 10.2. The Bertz CT molecular complexity index is 661. The van der Waals surface area contributed by atoms with Crippen molar-refractivity contribution in [2.24, 2.45) is 0 Å². The predicted octanol–water partition coefficient (Wildman–Crippen LogP) is 2.06. The third-order valence-electron chi connectivity index (χ3n) is 2.78. The topological polar surface area (TPSA) is 81.4 Å². The van der Waals surface area contributed by atoms with Crippen molar-refractivity contribution in [3.8, 4) is 5.69 Å². The Morgan fingerprint density at radius 3 is 2.65 bits per heavy atom. The summed E-state index contributed by atoms with van der Waals surface area (Å²) in [7, 11) is 0. The molecule has 1 N–H and O–H groups in total. The van der Waals surface area contributed by atoms with E-state index in [4.69, 9.17) is 9.84 Å². The number of nitrogens with zero attached hydrogens (tertiary/aromatic N) is 2. The summed E-state index contributed by atoms with van der Waals surface area (Å²) in [6, 6.07) is 7.35. The van der Waals surface area contributed by atoms with E-state index >= 15 is 0 Å². The molecule has 1 heterocycles. The van der Waals surface area contributed by atoms with Gasteiger partial charge in [-0.25, -0.2) is 14.3 Å². The van der Waals surface area contributed by atoms with Gasteiger partial charge in [0.2, 0.25) is 0 Å². The van der Waals surface area contributed by atoms with Crippen LogP contribution < -0.4 is 0 Å². The van der Waals surface area contributed by atoms with Crippen LogP contribution in [0.2, 0.25) is 0 Å². The molecule has 0 atom stereocenters. The van der Waals surface area contributed by atoms with Crippen LogP contribution in [0.15, 0.2) is 30.5 Å². The minimum Gasteiger partial charge on any atom is -0.478 e.